The minimum atomic E-state index is -0.558. The molecule has 2 aliphatic heterocycles. The predicted molar refractivity (Wildman–Crippen MR) is 87.5 cm³/mol. The maximum atomic E-state index is 12.9. The topological polar surface area (TPSA) is 73.6 Å². The number of carbonyl (C=O) groups is 2. The minimum absolute atomic E-state index is 0.265. The van der Waals surface area contributed by atoms with Gasteiger partial charge in [-0.15, -0.1) is 0 Å². The van der Waals surface area contributed by atoms with E-state index in [0.29, 0.717) is 29.6 Å². The van der Waals surface area contributed by atoms with E-state index in [2.05, 4.69) is 6.07 Å². The lowest BCUT2D eigenvalue weighted by molar-refractivity contribution is -0.121. The highest BCUT2D eigenvalue weighted by atomic mass is 16.5. The molecule has 2 atom stereocenters. The van der Waals surface area contributed by atoms with Gasteiger partial charge in [0.15, 0.2) is 0 Å². The summed E-state index contributed by atoms with van der Waals surface area (Å²) in [4.78, 5) is 28.4. The Morgan fingerprint density at radius 2 is 1.92 bits per heavy atom. The molecule has 0 radical (unpaired) electrons. The summed E-state index contributed by atoms with van der Waals surface area (Å²) in [6.07, 6.45) is 0.400. The molecule has 6 heteroatoms. The highest BCUT2D eigenvalue weighted by Gasteiger charge is 2.53. The number of benzene rings is 2. The van der Waals surface area contributed by atoms with Crippen LogP contribution in [0.25, 0.3) is 10.8 Å². The number of anilines is 1. The predicted octanol–water partition coefficient (Wildman–Crippen LogP) is 2.27. The number of carbonyl (C=O) groups excluding carboxylic acids is 2. The second-order valence-corrected chi connectivity index (χ2v) is 5.95. The smallest absolute Gasteiger partial charge is 0.332 e. The summed E-state index contributed by atoms with van der Waals surface area (Å²) in [6.45, 7) is 0.512. The van der Waals surface area contributed by atoms with Gasteiger partial charge in [0.25, 0.3) is 5.91 Å². The third-order valence-electron chi connectivity index (χ3n) is 4.82. The number of hydrogen-bond acceptors (Lipinski definition) is 4. The van der Waals surface area contributed by atoms with E-state index < -0.39 is 6.04 Å². The zero-order valence-electron chi connectivity index (χ0n) is 13.1. The van der Waals surface area contributed by atoms with Crippen molar-refractivity contribution in [3.63, 3.8) is 0 Å². The van der Waals surface area contributed by atoms with Crippen LogP contribution in [0.2, 0.25) is 0 Å². The van der Waals surface area contributed by atoms with Crippen LogP contribution in [0.3, 0.4) is 0 Å². The fraction of sp³-hybridized carbons (Fsp3) is 0.278. The first-order chi connectivity index (χ1) is 11.7. The number of hydrogen-bond donors (Lipinski definition) is 0. The Morgan fingerprint density at radius 3 is 2.62 bits per heavy atom. The highest BCUT2D eigenvalue weighted by Crippen LogP contribution is 2.36. The number of rotatable bonds is 2. The van der Waals surface area contributed by atoms with E-state index in [1.165, 1.54) is 4.90 Å². The molecule has 2 aromatic rings. The summed E-state index contributed by atoms with van der Waals surface area (Å²) < 4.78 is 5.37. The van der Waals surface area contributed by atoms with Crippen LogP contribution in [0.15, 0.2) is 36.4 Å². The van der Waals surface area contributed by atoms with Crippen molar-refractivity contribution >= 4 is 28.4 Å². The third kappa shape index (κ3) is 1.85. The first-order valence-electron chi connectivity index (χ1n) is 7.76. The van der Waals surface area contributed by atoms with Gasteiger partial charge in [-0.05, 0) is 18.6 Å². The number of nitrogens with zero attached hydrogens (tertiary/aromatic N) is 3. The number of ether oxygens (including phenoxy) is 1. The fourth-order valence-electron chi connectivity index (χ4n) is 3.67. The first kappa shape index (κ1) is 14.7. The Kier molecular flexibility index (Phi) is 3.25. The molecule has 2 fully saturated rings. The van der Waals surface area contributed by atoms with Gasteiger partial charge >= 0.3 is 6.03 Å². The molecule has 0 N–H and O–H groups in total. The van der Waals surface area contributed by atoms with Crippen LogP contribution in [-0.2, 0) is 9.53 Å². The van der Waals surface area contributed by atoms with Gasteiger partial charge < -0.3 is 9.64 Å². The Hall–Kier alpha value is -2.91. The molecule has 120 valence electrons. The van der Waals surface area contributed by atoms with Crippen molar-refractivity contribution in [3.05, 3.63) is 42.0 Å². The number of methoxy groups -OCH3 is 1. The second kappa shape index (κ2) is 5.32. The summed E-state index contributed by atoms with van der Waals surface area (Å²) in [5.41, 5.74) is 1.03. The van der Waals surface area contributed by atoms with E-state index in [4.69, 9.17) is 4.74 Å². The van der Waals surface area contributed by atoms with Gasteiger partial charge in [0.2, 0.25) is 0 Å². The molecule has 2 aromatic carbocycles. The van der Waals surface area contributed by atoms with E-state index >= 15 is 0 Å². The summed E-state index contributed by atoms with van der Waals surface area (Å²) in [7, 11) is 1.56. The molecular formula is C18H15N3O3. The molecule has 0 saturated carbocycles. The van der Waals surface area contributed by atoms with Crippen molar-refractivity contribution in [1.82, 2.24) is 4.90 Å². The molecule has 4 rings (SSSR count). The summed E-state index contributed by atoms with van der Waals surface area (Å²) in [6, 6.07) is 11.9. The van der Waals surface area contributed by atoms with Crippen LogP contribution in [0.1, 0.15) is 12.0 Å². The maximum absolute atomic E-state index is 12.9. The maximum Gasteiger partial charge on any atom is 0.332 e. The molecule has 0 bridgehead atoms. The van der Waals surface area contributed by atoms with Crippen LogP contribution in [-0.4, -0.2) is 42.6 Å². The molecule has 24 heavy (non-hydrogen) atoms. The van der Waals surface area contributed by atoms with Gasteiger partial charge in [0.1, 0.15) is 6.04 Å². The molecule has 2 aliphatic rings. The number of fused-ring (bicyclic) bond motifs is 2. The van der Waals surface area contributed by atoms with Gasteiger partial charge in [-0.3, -0.25) is 4.79 Å². The Labute approximate surface area is 138 Å². The average Bonchev–Trinajstić information content (AvgIpc) is 3.14. The normalized spacial score (nSPS) is 23.0. The van der Waals surface area contributed by atoms with Gasteiger partial charge in [0, 0.05) is 24.4 Å². The summed E-state index contributed by atoms with van der Waals surface area (Å²) in [5.74, 6) is -0.265. The van der Waals surface area contributed by atoms with Crippen LogP contribution in [0, 0.1) is 11.3 Å². The number of nitriles is 1. The Bertz CT molecular complexity index is 902. The monoisotopic (exact) mass is 321 g/mol. The van der Waals surface area contributed by atoms with E-state index in [0.717, 1.165) is 5.39 Å². The summed E-state index contributed by atoms with van der Waals surface area (Å²) >= 11 is 0. The van der Waals surface area contributed by atoms with E-state index in [9.17, 15) is 14.9 Å². The molecule has 0 spiro atoms. The van der Waals surface area contributed by atoms with Crippen molar-refractivity contribution in [2.24, 2.45) is 0 Å². The first-order valence-corrected chi connectivity index (χ1v) is 7.76. The molecular weight excluding hydrogens is 306 g/mol. The largest absolute Gasteiger partial charge is 0.379 e. The van der Waals surface area contributed by atoms with Gasteiger partial charge in [-0.1, -0.05) is 24.3 Å². The SMILES string of the molecule is CO[C@H]1CCN2C(=O)N(c3ccc(C#N)c4ccccc34)C(=O)[C@@H]12. The van der Waals surface area contributed by atoms with Gasteiger partial charge in [0.05, 0.1) is 23.4 Å². The van der Waals surface area contributed by atoms with Crippen molar-refractivity contribution in [2.75, 3.05) is 18.6 Å². The van der Waals surface area contributed by atoms with E-state index in [-0.39, 0.29) is 18.0 Å². The lowest BCUT2D eigenvalue weighted by Gasteiger charge is -2.18. The standard InChI is InChI=1S/C18H15N3O3/c1-24-15-8-9-20-16(15)17(22)21(18(20)23)14-7-6-11(10-19)12-4-2-3-5-13(12)14/h2-7,15-16H,8-9H2,1H3/t15-,16+/m0/s1. The van der Waals surface area contributed by atoms with Crippen molar-refractivity contribution in [2.45, 2.75) is 18.6 Å². The summed E-state index contributed by atoms with van der Waals surface area (Å²) in [5, 5.41) is 10.7. The van der Waals surface area contributed by atoms with Crippen molar-refractivity contribution in [1.29, 1.82) is 5.26 Å². The third-order valence-corrected chi connectivity index (χ3v) is 4.82. The van der Waals surface area contributed by atoms with Crippen LogP contribution in [0.5, 0.6) is 0 Å². The van der Waals surface area contributed by atoms with Gasteiger partial charge in [-0.25, -0.2) is 9.69 Å². The zero-order valence-corrected chi connectivity index (χ0v) is 13.1. The number of urea groups is 1. The van der Waals surface area contributed by atoms with Crippen molar-refractivity contribution in [3.8, 4) is 6.07 Å². The van der Waals surface area contributed by atoms with Gasteiger partial charge in [-0.2, -0.15) is 5.26 Å². The number of imide groups is 1. The lowest BCUT2D eigenvalue weighted by atomic mass is 10.0. The molecule has 3 amide bonds. The molecule has 0 aliphatic carbocycles. The fourth-order valence-corrected chi connectivity index (χ4v) is 3.67. The van der Waals surface area contributed by atoms with Crippen LogP contribution >= 0.6 is 0 Å². The lowest BCUT2D eigenvalue weighted by Crippen LogP contribution is -2.37. The molecule has 2 heterocycles. The number of amides is 3. The van der Waals surface area contributed by atoms with Crippen LogP contribution in [0.4, 0.5) is 10.5 Å². The van der Waals surface area contributed by atoms with Crippen molar-refractivity contribution < 1.29 is 14.3 Å². The molecule has 0 aromatic heterocycles. The second-order valence-electron chi connectivity index (χ2n) is 5.95. The average molecular weight is 321 g/mol. The van der Waals surface area contributed by atoms with E-state index in [1.807, 2.05) is 24.3 Å². The molecule has 0 unspecified atom stereocenters. The minimum Gasteiger partial charge on any atom is -0.379 e. The Balaban J connectivity index is 1.86. The molecule has 6 nitrogen and oxygen atoms in total. The molecule has 2 saturated heterocycles. The van der Waals surface area contributed by atoms with E-state index in [1.54, 1.807) is 24.1 Å². The highest BCUT2D eigenvalue weighted by molar-refractivity contribution is 6.25. The quantitative estimate of drug-likeness (QED) is 0.795. The Morgan fingerprint density at radius 1 is 1.17 bits per heavy atom. The van der Waals surface area contributed by atoms with Crippen LogP contribution < -0.4 is 4.90 Å². The zero-order chi connectivity index (χ0) is 16.8.